The van der Waals surface area contributed by atoms with Gasteiger partial charge in [0.1, 0.15) is 0 Å². The Morgan fingerprint density at radius 1 is 1.21 bits per heavy atom. The summed E-state index contributed by atoms with van der Waals surface area (Å²) in [6, 6.07) is 1.49. The van der Waals surface area contributed by atoms with Gasteiger partial charge in [-0.25, -0.2) is 0 Å². The van der Waals surface area contributed by atoms with Crippen molar-refractivity contribution in [3.63, 3.8) is 0 Å². The van der Waals surface area contributed by atoms with Crippen LogP contribution >= 0.6 is 0 Å². The van der Waals surface area contributed by atoms with Gasteiger partial charge in [-0.15, -0.1) is 0 Å². The summed E-state index contributed by atoms with van der Waals surface area (Å²) in [6.45, 7) is 6.04. The predicted molar refractivity (Wildman–Crippen MR) is 80.6 cm³/mol. The Morgan fingerprint density at radius 2 is 2.11 bits per heavy atom. The van der Waals surface area contributed by atoms with Gasteiger partial charge in [-0.05, 0) is 58.0 Å². The van der Waals surface area contributed by atoms with Gasteiger partial charge in [0.15, 0.2) is 0 Å². The predicted octanol–water partition coefficient (Wildman–Crippen LogP) is 2.80. The van der Waals surface area contributed by atoms with Crippen LogP contribution in [0.1, 0.15) is 58.3 Å². The molecule has 0 amide bonds. The van der Waals surface area contributed by atoms with Crippen molar-refractivity contribution < 1.29 is 4.74 Å². The monoisotopic (exact) mass is 268 g/mol. The fraction of sp³-hybridized carbons (Fsp3) is 1.00. The molecule has 1 heterocycles. The molecule has 3 unspecified atom stereocenters. The molecule has 0 bridgehead atoms. The Balaban J connectivity index is 1.87. The van der Waals surface area contributed by atoms with Gasteiger partial charge in [-0.3, -0.25) is 4.90 Å². The number of hydrogen-bond donors (Lipinski definition) is 1. The van der Waals surface area contributed by atoms with E-state index in [-0.39, 0.29) is 0 Å². The lowest BCUT2D eigenvalue weighted by Gasteiger charge is -2.38. The first kappa shape index (κ1) is 15.3. The SMILES string of the molecule is CCCCN(CC1CCCN1)C1CCCC(OC)C1. The highest BCUT2D eigenvalue weighted by atomic mass is 16.5. The van der Waals surface area contributed by atoms with Crippen LogP contribution in [0.3, 0.4) is 0 Å². The third-order valence-electron chi connectivity index (χ3n) is 4.86. The van der Waals surface area contributed by atoms with Gasteiger partial charge in [0.25, 0.3) is 0 Å². The number of ether oxygens (including phenoxy) is 1. The van der Waals surface area contributed by atoms with Crippen molar-refractivity contribution >= 4 is 0 Å². The molecule has 1 aliphatic heterocycles. The van der Waals surface area contributed by atoms with Crippen LogP contribution in [0, 0.1) is 0 Å². The molecule has 3 nitrogen and oxygen atoms in total. The minimum absolute atomic E-state index is 0.499. The fourth-order valence-corrected chi connectivity index (χ4v) is 3.65. The maximum absolute atomic E-state index is 5.60. The van der Waals surface area contributed by atoms with Crippen LogP contribution in [0.15, 0.2) is 0 Å². The average Bonchev–Trinajstić information content (AvgIpc) is 2.96. The molecule has 2 fully saturated rings. The standard InChI is InChI=1S/C16H32N2O/c1-3-4-11-18(13-14-7-6-10-17-14)15-8-5-9-16(12-15)19-2/h14-17H,3-13H2,1-2H3. The molecule has 3 atom stereocenters. The number of unbranched alkanes of at least 4 members (excludes halogenated alkanes) is 1. The second-order valence-electron chi connectivity index (χ2n) is 6.32. The van der Waals surface area contributed by atoms with Crippen LogP contribution < -0.4 is 5.32 Å². The highest BCUT2D eigenvalue weighted by molar-refractivity contribution is 4.85. The van der Waals surface area contributed by atoms with Crippen LogP contribution in [0.2, 0.25) is 0 Å². The summed E-state index contributed by atoms with van der Waals surface area (Å²) in [5.74, 6) is 0. The van der Waals surface area contributed by atoms with Gasteiger partial charge in [-0.1, -0.05) is 13.3 Å². The van der Waals surface area contributed by atoms with E-state index < -0.39 is 0 Å². The van der Waals surface area contributed by atoms with Crippen LogP contribution in [-0.2, 0) is 4.74 Å². The normalized spacial score (nSPS) is 32.1. The first-order valence-corrected chi connectivity index (χ1v) is 8.33. The molecule has 0 radical (unpaired) electrons. The van der Waals surface area contributed by atoms with E-state index >= 15 is 0 Å². The molecule has 2 aliphatic rings. The zero-order valence-electron chi connectivity index (χ0n) is 12.9. The van der Waals surface area contributed by atoms with E-state index in [0.717, 1.165) is 12.1 Å². The topological polar surface area (TPSA) is 24.5 Å². The summed E-state index contributed by atoms with van der Waals surface area (Å²) in [6.07, 6.45) is 11.1. The smallest absolute Gasteiger partial charge is 0.0586 e. The number of methoxy groups -OCH3 is 1. The number of hydrogen-bond acceptors (Lipinski definition) is 3. The Bertz CT molecular complexity index is 241. The first-order valence-electron chi connectivity index (χ1n) is 8.33. The zero-order valence-corrected chi connectivity index (χ0v) is 12.9. The quantitative estimate of drug-likeness (QED) is 0.768. The molecular weight excluding hydrogens is 236 g/mol. The summed E-state index contributed by atoms with van der Waals surface area (Å²) in [4.78, 5) is 2.76. The molecule has 19 heavy (non-hydrogen) atoms. The van der Waals surface area contributed by atoms with Crippen molar-refractivity contribution in [2.75, 3.05) is 26.7 Å². The van der Waals surface area contributed by atoms with E-state index in [4.69, 9.17) is 4.74 Å². The summed E-state index contributed by atoms with van der Waals surface area (Å²) < 4.78 is 5.60. The van der Waals surface area contributed by atoms with Gasteiger partial charge in [0.2, 0.25) is 0 Å². The molecule has 2 rings (SSSR count). The molecule has 1 saturated carbocycles. The van der Waals surface area contributed by atoms with Gasteiger partial charge in [0.05, 0.1) is 6.10 Å². The van der Waals surface area contributed by atoms with Crippen molar-refractivity contribution in [2.24, 2.45) is 0 Å². The summed E-state index contributed by atoms with van der Waals surface area (Å²) in [7, 11) is 1.88. The van der Waals surface area contributed by atoms with Crippen molar-refractivity contribution in [3.05, 3.63) is 0 Å². The van der Waals surface area contributed by atoms with Crippen molar-refractivity contribution in [2.45, 2.75) is 76.5 Å². The van der Waals surface area contributed by atoms with Crippen LogP contribution in [0.25, 0.3) is 0 Å². The summed E-state index contributed by atoms with van der Waals surface area (Å²) in [5.41, 5.74) is 0. The minimum atomic E-state index is 0.499. The van der Waals surface area contributed by atoms with Gasteiger partial charge in [0, 0.05) is 25.7 Å². The Labute approximate surface area is 119 Å². The molecule has 0 spiro atoms. The van der Waals surface area contributed by atoms with Crippen molar-refractivity contribution in [1.82, 2.24) is 10.2 Å². The fourth-order valence-electron chi connectivity index (χ4n) is 3.65. The Morgan fingerprint density at radius 3 is 2.79 bits per heavy atom. The molecule has 0 aromatic rings. The summed E-state index contributed by atoms with van der Waals surface area (Å²) >= 11 is 0. The molecule has 3 heteroatoms. The maximum atomic E-state index is 5.60. The van der Waals surface area contributed by atoms with E-state index in [0.29, 0.717) is 6.10 Å². The Kier molecular flexibility index (Phi) is 6.62. The first-order chi connectivity index (χ1) is 9.33. The lowest BCUT2D eigenvalue weighted by molar-refractivity contribution is 0.0253. The minimum Gasteiger partial charge on any atom is -0.381 e. The largest absolute Gasteiger partial charge is 0.381 e. The third-order valence-corrected chi connectivity index (χ3v) is 4.86. The Hall–Kier alpha value is -0.120. The van der Waals surface area contributed by atoms with Crippen molar-refractivity contribution in [1.29, 1.82) is 0 Å². The van der Waals surface area contributed by atoms with E-state index in [1.807, 2.05) is 7.11 Å². The van der Waals surface area contributed by atoms with E-state index in [1.54, 1.807) is 0 Å². The van der Waals surface area contributed by atoms with E-state index in [9.17, 15) is 0 Å². The third kappa shape index (κ3) is 4.73. The number of nitrogens with zero attached hydrogens (tertiary/aromatic N) is 1. The van der Waals surface area contributed by atoms with Gasteiger partial charge >= 0.3 is 0 Å². The van der Waals surface area contributed by atoms with Gasteiger partial charge in [-0.2, -0.15) is 0 Å². The molecule has 0 aromatic carbocycles. The number of nitrogens with one attached hydrogen (secondary N) is 1. The van der Waals surface area contributed by atoms with Gasteiger partial charge < -0.3 is 10.1 Å². The highest BCUT2D eigenvalue weighted by Gasteiger charge is 2.28. The lowest BCUT2D eigenvalue weighted by atomic mass is 9.91. The second kappa shape index (κ2) is 8.23. The van der Waals surface area contributed by atoms with Crippen LogP contribution in [-0.4, -0.2) is 49.8 Å². The lowest BCUT2D eigenvalue weighted by Crippen LogP contribution is -2.46. The molecule has 1 saturated heterocycles. The second-order valence-corrected chi connectivity index (χ2v) is 6.32. The van der Waals surface area contributed by atoms with Crippen LogP contribution in [0.5, 0.6) is 0 Å². The highest BCUT2D eigenvalue weighted by Crippen LogP contribution is 2.26. The molecule has 1 N–H and O–H groups in total. The maximum Gasteiger partial charge on any atom is 0.0586 e. The van der Waals surface area contributed by atoms with Crippen molar-refractivity contribution in [3.8, 4) is 0 Å². The zero-order chi connectivity index (χ0) is 13.5. The number of rotatable bonds is 7. The summed E-state index contributed by atoms with van der Waals surface area (Å²) in [5, 5.41) is 3.65. The van der Waals surface area contributed by atoms with E-state index in [1.165, 1.54) is 71.0 Å². The average molecular weight is 268 g/mol. The molecule has 112 valence electrons. The molecule has 0 aromatic heterocycles. The van der Waals surface area contributed by atoms with Crippen LogP contribution in [0.4, 0.5) is 0 Å². The molecule has 1 aliphatic carbocycles. The van der Waals surface area contributed by atoms with E-state index in [2.05, 4.69) is 17.1 Å². The molecular formula is C16H32N2O.